The maximum Gasteiger partial charge on any atom is 0.220 e. The minimum absolute atomic E-state index is 0.0834. The van der Waals surface area contributed by atoms with Crippen molar-refractivity contribution in [2.45, 2.75) is 38.1 Å². The van der Waals surface area contributed by atoms with Gasteiger partial charge in [-0.1, -0.05) is 43.2 Å². The lowest BCUT2D eigenvalue weighted by Gasteiger charge is -2.23. The summed E-state index contributed by atoms with van der Waals surface area (Å²) in [5.74, 6) is 0.804. The van der Waals surface area contributed by atoms with E-state index in [9.17, 15) is 4.79 Å². The number of rotatable bonds is 6. The maximum absolute atomic E-state index is 12.2. The van der Waals surface area contributed by atoms with Crippen molar-refractivity contribution in [3.8, 4) is 0 Å². The SMILES string of the molecule is CN(C)CC(NC(=O)CC1CCCC1)c1ccccc1. The van der Waals surface area contributed by atoms with Crippen LogP contribution >= 0.6 is 0 Å². The summed E-state index contributed by atoms with van der Waals surface area (Å²) >= 11 is 0. The topological polar surface area (TPSA) is 32.3 Å². The monoisotopic (exact) mass is 274 g/mol. The first-order valence-corrected chi connectivity index (χ1v) is 7.64. The van der Waals surface area contributed by atoms with Crippen LogP contribution in [0.4, 0.5) is 0 Å². The average molecular weight is 274 g/mol. The number of nitrogens with one attached hydrogen (secondary N) is 1. The molecule has 3 heteroatoms. The van der Waals surface area contributed by atoms with Crippen molar-refractivity contribution in [1.29, 1.82) is 0 Å². The van der Waals surface area contributed by atoms with Crippen LogP contribution in [0, 0.1) is 5.92 Å². The fourth-order valence-electron chi connectivity index (χ4n) is 3.01. The van der Waals surface area contributed by atoms with Gasteiger partial charge in [-0.25, -0.2) is 0 Å². The molecule has 1 atom stereocenters. The van der Waals surface area contributed by atoms with Crippen molar-refractivity contribution in [3.63, 3.8) is 0 Å². The zero-order chi connectivity index (χ0) is 14.4. The highest BCUT2D eigenvalue weighted by molar-refractivity contribution is 5.76. The number of likely N-dealkylation sites (N-methyl/N-ethyl adjacent to an activating group) is 1. The summed E-state index contributed by atoms with van der Waals surface area (Å²) < 4.78 is 0. The van der Waals surface area contributed by atoms with Crippen molar-refractivity contribution >= 4 is 5.91 Å². The molecule has 1 N–H and O–H groups in total. The van der Waals surface area contributed by atoms with E-state index >= 15 is 0 Å². The molecule has 0 aromatic heterocycles. The van der Waals surface area contributed by atoms with Crippen LogP contribution in [-0.4, -0.2) is 31.4 Å². The molecule has 1 aromatic carbocycles. The molecule has 1 aliphatic rings. The molecular formula is C17H26N2O. The molecule has 0 heterocycles. The lowest BCUT2D eigenvalue weighted by molar-refractivity contribution is -0.122. The van der Waals surface area contributed by atoms with Gasteiger partial charge in [0.1, 0.15) is 0 Å². The van der Waals surface area contributed by atoms with Gasteiger partial charge in [0.05, 0.1) is 6.04 Å². The van der Waals surface area contributed by atoms with Gasteiger partial charge in [-0.05, 0) is 38.4 Å². The summed E-state index contributed by atoms with van der Waals surface area (Å²) in [5.41, 5.74) is 1.18. The zero-order valence-electron chi connectivity index (χ0n) is 12.6. The number of carbonyl (C=O) groups excluding carboxylic acids is 1. The summed E-state index contributed by atoms with van der Waals surface area (Å²) in [7, 11) is 4.08. The van der Waals surface area contributed by atoms with E-state index in [1.54, 1.807) is 0 Å². The number of hydrogen-bond donors (Lipinski definition) is 1. The van der Waals surface area contributed by atoms with Crippen molar-refractivity contribution in [2.24, 2.45) is 5.92 Å². The van der Waals surface area contributed by atoms with E-state index in [0.29, 0.717) is 12.3 Å². The average Bonchev–Trinajstić information content (AvgIpc) is 2.91. The second kappa shape index (κ2) is 7.44. The van der Waals surface area contributed by atoms with Crippen LogP contribution in [-0.2, 0) is 4.79 Å². The Hall–Kier alpha value is -1.35. The Morgan fingerprint density at radius 2 is 1.90 bits per heavy atom. The van der Waals surface area contributed by atoms with E-state index in [0.717, 1.165) is 6.54 Å². The van der Waals surface area contributed by atoms with Crippen molar-refractivity contribution in [2.75, 3.05) is 20.6 Å². The third kappa shape index (κ3) is 4.64. The summed E-state index contributed by atoms with van der Waals surface area (Å²) in [4.78, 5) is 14.4. The smallest absolute Gasteiger partial charge is 0.220 e. The molecule has 1 aromatic rings. The van der Waals surface area contributed by atoms with E-state index in [4.69, 9.17) is 0 Å². The number of hydrogen-bond acceptors (Lipinski definition) is 2. The first kappa shape index (κ1) is 15.0. The van der Waals surface area contributed by atoms with Crippen molar-refractivity contribution in [3.05, 3.63) is 35.9 Å². The van der Waals surface area contributed by atoms with E-state index in [2.05, 4.69) is 22.3 Å². The van der Waals surface area contributed by atoms with Gasteiger partial charge in [0, 0.05) is 13.0 Å². The van der Waals surface area contributed by atoms with Crippen LogP contribution in [0.5, 0.6) is 0 Å². The van der Waals surface area contributed by atoms with Gasteiger partial charge in [-0.3, -0.25) is 4.79 Å². The van der Waals surface area contributed by atoms with Gasteiger partial charge < -0.3 is 10.2 Å². The number of benzene rings is 1. The van der Waals surface area contributed by atoms with E-state index in [1.165, 1.54) is 31.2 Å². The molecular weight excluding hydrogens is 248 g/mol. The maximum atomic E-state index is 12.2. The Morgan fingerprint density at radius 1 is 1.25 bits per heavy atom. The van der Waals surface area contributed by atoms with Gasteiger partial charge in [0.25, 0.3) is 0 Å². The van der Waals surface area contributed by atoms with Crippen LogP contribution in [0.2, 0.25) is 0 Å². The molecule has 110 valence electrons. The standard InChI is InChI=1S/C17H26N2O/c1-19(2)13-16(15-10-4-3-5-11-15)18-17(20)12-14-8-6-7-9-14/h3-5,10-11,14,16H,6-9,12-13H2,1-2H3,(H,18,20). The third-order valence-corrected chi connectivity index (χ3v) is 4.03. The normalized spacial score (nSPS) is 17.4. The van der Waals surface area contributed by atoms with Gasteiger partial charge in [0.2, 0.25) is 5.91 Å². The van der Waals surface area contributed by atoms with Crippen LogP contribution < -0.4 is 5.32 Å². The fourth-order valence-corrected chi connectivity index (χ4v) is 3.01. The van der Waals surface area contributed by atoms with Crippen LogP contribution in [0.3, 0.4) is 0 Å². The molecule has 1 amide bonds. The van der Waals surface area contributed by atoms with E-state index in [-0.39, 0.29) is 11.9 Å². The number of amides is 1. The first-order valence-electron chi connectivity index (χ1n) is 7.64. The van der Waals surface area contributed by atoms with Crippen LogP contribution in [0.15, 0.2) is 30.3 Å². The molecule has 0 radical (unpaired) electrons. The molecule has 0 spiro atoms. The highest BCUT2D eigenvalue weighted by Gasteiger charge is 2.21. The second-order valence-electron chi connectivity index (χ2n) is 6.15. The summed E-state index contributed by atoms with van der Waals surface area (Å²) in [6.45, 7) is 0.834. The minimum atomic E-state index is 0.0834. The van der Waals surface area contributed by atoms with E-state index < -0.39 is 0 Å². The Bertz CT molecular complexity index is 410. The molecule has 0 aliphatic heterocycles. The lowest BCUT2D eigenvalue weighted by atomic mass is 10.0. The fraction of sp³-hybridized carbons (Fsp3) is 0.588. The second-order valence-corrected chi connectivity index (χ2v) is 6.15. The summed E-state index contributed by atoms with van der Waals surface area (Å²) in [5, 5.41) is 3.21. The molecule has 3 nitrogen and oxygen atoms in total. The molecule has 2 rings (SSSR count). The Kier molecular flexibility index (Phi) is 5.60. The first-order chi connectivity index (χ1) is 9.65. The van der Waals surface area contributed by atoms with E-state index in [1.807, 2.05) is 32.3 Å². The largest absolute Gasteiger partial charge is 0.348 e. The Morgan fingerprint density at radius 3 is 2.50 bits per heavy atom. The van der Waals surface area contributed by atoms with Crippen molar-refractivity contribution in [1.82, 2.24) is 10.2 Å². The van der Waals surface area contributed by atoms with Crippen LogP contribution in [0.1, 0.15) is 43.7 Å². The number of carbonyl (C=O) groups is 1. The molecule has 0 saturated heterocycles. The zero-order valence-corrected chi connectivity index (χ0v) is 12.6. The van der Waals surface area contributed by atoms with Crippen molar-refractivity contribution < 1.29 is 4.79 Å². The van der Waals surface area contributed by atoms with Gasteiger partial charge in [0.15, 0.2) is 0 Å². The quantitative estimate of drug-likeness (QED) is 0.865. The third-order valence-electron chi connectivity index (χ3n) is 4.03. The number of nitrogens with zero attached hydrogens (tertiary/aromatic N) is 1. The lowest BCUT2D eigenvalue weighted by Crippen LogP contribution is -2.35. The molecule has 1 fully saturated rings. The predicted octanol–water partition coefficient (Wildman–Crippen LogP) is 2.99. The molecule has 20 heavy (non-hydrogen) atoms. The van der Waals surface area contributed by atoms with Crippen LogP contribution in [0.25, 0.3) is 0 Å². The van der Waals surface area contributed by atoms with Gasteiger partial charge in [-0.15, -0.1) is 0 Å². The summed E-state index contributed by atoms with van der Waals surface area (Å²) in [6.07, 6.45) is 5.71. The highest BCUT2D eigenvalue weighted by atomic mass is 16.1. The molecule has 1 unspecified atom stereocenters. The Labute approximate surface area is 122 Å². The molecule has 0 bridgehead atoms. The molecule has 1 saturated carbocycles. The summed E-state index contributed by atoms with van der Waals surface area (Å²) in [6, 6.07) is 10.3. The van der Waals surface area contributed by atoms with Gasteiger partial charge >= 0.3 is 0 Å². The minimum Gasteiger partial charge on any atom is -0.348 e. The molecule has 1 aliphatic carbocycles. The predicted molar refractivity (Wildman–Crippen MR) is 82.5 cm³/mol. The van der Waals surface area contributed by atoms with Gasteiger partial charge in [-0.2, -0.15) is 0 Å². The highest BCUT2D eigenvalue weighted by Crippen LogP contribution is 2.27. The Balaban J connectivity index is 1.94.